The minimum absolute atomic E-state index is 0.204. The third-order valence-corrected chi connectivity index (χ3v) is 4.90. The van der Waals surface area contributed by atoms with Crippen molar-refractivity contribution in [3.05, 3.63) is 29.8 Å². The van der Waals surface area contributed by atoms with Gasteiger partial charge in [0, 0.05) is 18.3 Å². The van der Waals surface area contributed by atoms with E-state index in [1.54, 1.807) is 0 Å². The number of anilines is 1. The molecule has 1 aliphatic carbocycles. The highest BCUT2D eigenvalue weighted by molar-refractivity contribution is 5.52. The lowest BCUT2D eigenvalue weighted by Crippen LogP contribution is -2.42. The highest BCUT2D eigenvalue weighted by Crippen LogP contribution is 2.40. The molecule has 1 N–H and O–H groups in total. The Hall–Kier alpha value is -1.02. The third kappa shape index (κ3) is 3.01. The predicted octanol–water partition coefficient (Wildman–Crippen LogP) is 4.54. The van der Waals surface area contributed by atoms with Crippen LogP contribution in [0.15, 0.2) is 24.3 Å². The molecule has 1 unspecified atom stereocenters. The molecule has 3 rings (SSSR count). The Bertz CT molecular complexity index is 437. The van der Waals surface area contributed by atoms with Crippen molar-refractivity contribution < 1.29 is 4.74 Å². The van der Waals surface area contributed by atoms with Crippen molar-refractivity contribution in [3.8, 4) is 0 Å². The van der Waals surface area contributed by atoms with Crippen LogP contribution in [0.3, 0.4) is 0 Å². The SMILES string of the molecule is CCCc1ccccc1NC1CCOC2(CCCC2)C1. The van der Waals surface area contributed by atoms with E-state index in [1.165, 1.54) is 49.8 Å². The molecule has 110 valence electrons. The van der Waals surface area contributed by atoms with Crippen LogP contribution in [0.5, 0.6) is 0 Å². The van der Waals surface area contributed by atoms with E-state index < -0.39 is 0 Å². The first-order valence-corrected chi connectivity index (χ1v) is 8.30. The van der Waals surface area contributed by atoms with Crippen LogP contribution in [0.2, 0.25) is 0 Å². The van der Waals surface area contributed by atoms with Gasteiger partial charge in [0.1, 0.15) is 0 Å². The molecular weight excluding hydrogens is 246 g/mol. The molecule has 0 aromatic heterocycles. The molecule has 1 saturated heterocycles. The van der Waals surface area contributed by atoms with Crippen LogP contribution >= 0.6 is 0 Å². The van der Waals surface area contributed by atoms with Crippen LogP contribution in [0.4, 0.5) is 5.69 Å². The van der Waals surface area contributed by atoms with Gasteiger partial charge in [0.25, 0.3) is 0 Å². The quantitative estimate of drug-likeness (QED) is 0.869. The molecule has 1 aromatic carbocycles. The molecule has 1 atom stereocenters. The molecule has 2 heteroatoms. The van der Waals surface area contributed by atoms with E-state index in [9.17, 15) is 0 Å². The number of hydrogen-bond donors (Lipinski definition) is 1. The van der Waals surface area contributed by atoms with Gasteiger partial charge in [-0.1, -0.05) is 44.4 Å². The summed E-state index contributed by atoms with van der Waals surface area (Å²) in [6, 6.07) is 9.38. The van der Waals surface area contributed by atoms with Crippen molar-refractivity contribution >= 4 is 5.69 Å². The van der Waals surface area contributed by atoms with Gasteiger partial charge in [-0.2, -0.15) is 0 Å². The maximum Gasteiger partial charge on any atom is 0.0702 e. The predicted molar refractivity (Wildman–Crippen MR) is 84.2 cm³/mol. The fraction of sp³-hybridized carbons (Fsp3) is 0.667. The van der Waals surface area contributed by atoms with Crippen molar-refractivity contribution in [1.82, 2.24) is 0 Å². The Morgan fingerprint density at radius 1 is 1.25 bits per heavy atom. The van der Waals surface area contributed by atoms with Gasteiger partial charge in [0.15, 0.2) is 0 Å². The average Bonchev–Trinajstić information content (AvgIpc) is 2.89. The largest absolute Gasteiger partial charge is 0.382 e. The van der Waals surface area contributed by atoms with E-state index in [2.05, 4.69) is 36.5 Å². The Kier molecular flexibility index (Phi) is 4.30. The van der Waals surface area contributed by atoms with Crippen LogP contribution in [0.1, 0.15) is 57.4 Å². The number of benzene rings is 1. The van der Waals surface area contributed by atoms with Crippen molar-refractivity contribution in [1.29, 1.82) is 0 Å². The number of nitrogens with one attached hydrogen (secondary N) is 1. The van der Waals surface area contributed by atoms with Crippen LogP contribution in [-0.4, -0.2) is 18.2 Å². The monoisotopic (exact) mass is 273 g/mol. The summed E-state index contributed by atoms with van der Waals surface area (Å²) in [7, 11) is 0. The summed E-state index contributed by atoms with van der Waals surface area (Å²) >= 11 is 0. The van der Waals surface area contributed by atoms with E-state index in [4.69, 9.17) is 4.74 Å². The Morgan fingerprint density at radius 3 is 2.85 bits per heavy atom. The van der Waals surface area contributed by atoms with Crippen LogP contribution in [-0.2, 0) is 11.2 Å². The maximum atomic E-state index is 6.13. The van der Waals surface area contributed by atoms with Gasteiger partial charge in [0.2, 0.25) is 0 Å². The summed E-state index contributed by atoms with van der Waals surface area (Å²) in [6.45, 7) is 3.17. The number of aryl methyl sites for hydroxylation is 1. The van der Waals surface area contributed by atoms with E-state index in [0.29, 0.717) is 6.04 Å². The van der Waals surface area contributed by atoms with Gasteiger partial charge in [-0.05, 0) is 43.7 Å². The smallest absolute Gasteiger partial charge is 0.0702 e. The van der Waals surface area contributed by atoms with Crippen molar-refractivity contribution in [2.24, 2.45) is 0 Å². The lowest BCUT2D eigenvalue weighted by Gasteiger charge is -2.39. The van der Waals surface area contributed by atoms with Crippen LogP contribution in [0, 0.1) is 0 Å². The van der Waals surface area contributed by atoms with Crippen LogP contribution < -0.4 is 5.32 Å². The first-order valence-electron chi connectivity index (χ1n) is 8.30. The maximum absolute atomic E-state index is 6.13. The summed E-state index contributed by atoms with van der Waals surface area (Å²) < 4.78 is 6.13. The summed E-state index contributed by atoms with van der Waals surface area (Å²) in [5.74, 6) is 0. The highest BCUT2D eigenvalue weighted by Gasteiger charge is 2.39. The molecule has 1 aliphatic heterocycles. The van der Waals surface area contributed by atoms with Crippen LogP contribution in [0.25, 0.3) is 0 Å². The molecule has 0 radical (unpaired) electrons. The Morgan fingerprint density at radius 2 is 2.05 bits per heavy atom. The summed E-state index contributed by atoms with van der Waals surface area (Å²) in [5.41, 5.74) is 3.01. The topological polar surface area (TPSA) is 21.3 Å². The van der Waals surface area contributed by atoms with Crippen molar-refractivity contribution in [2.75, 3.05) is 11.9 Å². The van der Waals surface area contributed by atoms with Crippen molar-refractivity contribution in [3.63, 3.8) is 0 Å². The van der Waals surface area contributed by atoms with E-state index in [1.807, 2.05) is 0 Å². The standard InChI is InChI=1S/C18H27NO/c1-2-7-15-8-3-4-9-17(15)19-16-10-13-20-18(14-16)11-5-6-12-18/h3-4,8-9,16,19H,2,5-7,10-14H2,1H3. The molecule has 1 heterocycles. The molecule has 1 spiro atoms. The molecule has 2 nitrogen and oxygen atoms in total. The lowest BCUT2D eigenvalue weighted by molar-refractivity contribution is -0.0767. The number of ether oxygens (including phenoxy) is 1. The Labute approximate surface area is 122 Å². The fourth-order valence-corrected chi connectivity index (χ4v) is 3.89. The molecule has 2 fully saturated rings. The first-order chi connectivity index (χ1) is 9.81. The van der Waals surface area contributed by atoms with Gasteiger partial charge in [-0.25, -0.2) is 0 Å². The zero-order valence-corrected chi connectivity index (χ0v) is 12.7. The number of hydrogen-bond acceptors (Lipinski definition) is 2. The molecule has 1 saturated carbocycles. The van der Waals surface area contributed by atoms with Gasteiger partial charge in [0.05, 0.1) is 5.60 Å². The second-order valence-corrected chi connectivity index (χ2v) is 6.48. The zero-order chi connectivity index (χ0) is 13.8. The molecule has 20 heavy (non-hydrogen) atoms. The van der Waals surface area contributed by atoms with Crippen molar-refractivity contribution in [2.45, 2.75) is 69.9 Å². The first kappa shape index (κ1) is 13.9. The third-order valence-electron chi connectivity index (χ3n) is 4.90. The summed E-state index contributed by atoms with van der Waals surface area (Å²) in [6.07, 6.45) is 9.92. The minimum Gasteiger partial charge on any atom is -0.382 e. The molecule has 2 aliphatic rings. The van der Waals surface area contributed by atoms with E-state index in [-0.39, 0.29) is 5.60 Å². The molecule has 0 amide bonds. The Balaban J connectivity index is 1.68. The second-order valence-electron chi connectivity index (χ2n) is 6.48. The minimum atomic E-state index is 0.204. The second kappa shape index (κ2) is 6.17. The van der Waals surface area contributed by atoms with Gasteiger partial charge in [-0.15, -0.1) is 0 Å². The zero-order valence-electron chi connectivity index (χ0n) is 12.7. The van der Waals surface area contributed by atoms with Gasteiger partial charge >= 0.3 is 0 Å². The molecular formula is C18H27NO. The molecule has 0 bridgehead atoms. The fourth-order valence-electron chi connectivity index (χ4n) is 3.89. The average molecular weight is 273 g/mol. The van der Waals surface area contributed by atoms with Gasteiger partial charge in [-0.3, -0.25) is 0 Å². The van der Waals surface area contributed by atoms with E-state index in [0.717, 1.165) is 19.4 Å². The number of para-hydroxylation sites is 1. The number of rotatable bonds is 4. The lowest BCUT2D eigenvalue weighted by atomic mass is 9.88. The summed E-state index contributed by atoms with van der Waals surface area (Å²) in [5, 5.41) is 3.81. The van der Waals surface area contributed by atoms with E-state index >= 15 is 0 Å². The van der Waals surface area contributed by atoms with Gasteiger partial charge < -0.3 is 10.1 Å². The summed E-state index contributed by atoms with van der Waals surface area (Å²) in [4.78, 5) is 0. The highest BCUT2D eigenvalue weighted by atomic mass is 16.5. The molecule has 1 aromatic rings. The normalized spacial score (nSPS) is 24.9.